The fourth-order valence-electron chi connectivity index (χ4n) is 2.96. The van der Waals surface area contributed by atoms with E-state index in [4.69, 9.17) is 0 Å². The van der Waals surface area contributed by atoms with Crippen LogP contribution in [0.25, 0.3) is 0 Å². The lowest BCUT2D eigenvalue weighted by atomic mass is 10.1. The van der Waals surface area contributed by atoms with Gasteiger partial charge < -0.3 is 16.0 Å². The van der Waals surface area contributed by atoms with Gasteiger partial charge in [-0.25, -0.2) is 13.2 Å². The molecule has 0 fully saturated rings. The molecule has 0 saturated heterocycles. The molecule has 3 rings (SSSR count). The van der Waals surface area contributed by atoms with E-state index >= 15 is 0 Å². The number of urea groups is 1. The molecule has 0 aliphatic carbocycles. The third-order valence-electron chi connectivity index (χ3n) is 4.59. The highest BCUT2D eigenvalue weighted by Crippen LogP contribution is 2.19. The van der Waals surface area contributed by atoms with Gasteiger partial charge in [0.1, 0.15) is 0 Å². The van der Waals surface area contributed by atoms with Gasteiger partial charge in [0.05, 0.1) is 4.90 Å². The molecule has 0 aliphatic rings. The minimum absolute atomic E-state index is 0.120. The number of carbonyl (C=O) groups is 2. The number of rotatable bonds is 7. The summed E-state index contributed by atoms with van der Waals surface area (Å²) in [6.45, 7) is 2.05. The molecule has 33 heavy (non-hydrogen) atoms. The van der Waals surface area contributed by atoms with Gasteiger partial charge in [-0.1, -0.05) is 24.3 Å². The molecule has 0 atom stereocenters. The summed E-state index contributed by atoms with van der Waals surface area (Å²) in [7, 11) is -4.72. The molecule has 3 N–H and O–H groups in total. The van der Waals surface area contributed by atoms with Crippen molar-refractivity contribution in [3.05, 3.63) is 89.5 Å². The van der Waals surface area contributed by atoms with Crippen LogP contribution in [0, 0.1) is 6.92 Å². The molecule has 0 bridgehead atoms. The normalized spacial score (nSPS) is 11.2. The Morgan fingerprint density at radius 2 is 1.48 bits per heavy atom. The fourth-order valence-corrected chi connectivity index (χ4v) is 3.68. The Kier molecular flexibility index (Phi) is 7.39. The maximum Gasteiger partial charge on any atom is 0.341 e. The van der Waals surface area contributed by atoms with Gasteiger partial charge in [-0.15, -0.1) is 0 Å². The summed E-state index contributed by atoms with van der Waals surface area (Å²) in [5.41, 5.74) is 3.01. The number of nitrogens with one attached hydrogen (secondary N) is 3. The summed E-state index contributed by atoms with van der Waals surface area (Å²) in [6, 6.07) is 18.1. The van der Waals surface area contributed by atoms with Crippen molar-refractivity contribution < 1.29 is 26.8 Å². The van der Waals surface area contributed by atoms with Crippen molar-refractivity contribution in [3.8, 4) is 0 Å². The smallest absolute Gasteiger partial charge is 0.341 e. The number of anilines is 2. The van der Waals surface area contributed by atoms with E-state index in [-0.39, 0.29) is 12.1 Å². The molecule has 3 aromatic rings. The SMILES string of the molecule is Cc1cccc(NC(=O)Nc2cccc(CNC(=O)c3ccc(S(=O)(=O)C(F)F)cc3)c2)c1. The lowest BCUT2D eigenvalue weighted by Crippen LogP contribution is -2.23. The maximum absolute atomic E-state index is 12.6. The molecule has 0 saturated carbocycles. The van der Waals surface area contributed by atoms with Crippen molar-refractivity contribution in [1.82, 2.24) is 5.32 Å². The Labute approximate surface area is 189 Å². The van der Waals surface area contributed by atoms with Crippen molar-refractivity contribution in [3.63, 3.8) is 0 Å². The number of alkyl halides is 2. The number of benzene rings is 3. The quantitative estimate of drug-likeness (QED) is 0.468. The van der Waals surface area contributed by atoms with E-state index < -0.39 is 32.4 Å². The second-order valence-corrected chi connectivity index (χ2v) is 9.08. The van der Waals surface area contributed by atoms with Gasteiger partial charge in [0.25, 0.3) is 5.91 Å². The largest absolute Gasteiger partial charge is 0.348 e. The highest BCUT2D eigenvalue weighted by molar-refractivity contribution is 7.91. The number of aryl methyl sites for hydroxylation is 1. The lowest BCUT2D eigenvalue weighted by molar-refractivity contribution is 0.0950. The molecule has 0 aromatic heterocycles. The minimum atomic E-state index is -4.72. The topological polar surface area (TPSA) is 104 Å². The van der Waals surface area contributed by atoms with Gasteiger partial charge in [-0.3, -0.25) is 4.79 Å². The molecular formula is C23H21F2N3O4S. The zero-order valence-corrected chi connectivity index (χ0v) is 18.3. The predicted molar refractivity (Wildman–Crippen MR) is 121 cm³/mol. The van der Waals surface area contributed by atoms with Crippen molar-refractivity contribution in [1.29, 1.82) is 0 Å². The van der Waals surface area contributed by atoms with E-state index in [0.29, 0.717) is 16.9 Å². The molecule has 3 aromatic carbocycles. The van der Waals surface area contributed by atoms with E-state index in [0.717, 1.165) is 29.8 Å². The molecule has 0 aliphatic heterocycles. The van der Waals surface area contributed by atoms with E-state index in [9.17, 15) is 26.8 Å². The monoisotopic (exact) mass is 473 g/mol. The van der Waals surface area contributed by atoms with Crippen molar-refractivity contribution >= 4 is 33.2 Å². The maximum atomic E-state index is 12.6. The molecule has 7 nitrogen and oxygen atoms in total. The first-order valence-electron chi connectivity index (χ1n) is 9.79. The standard InChI is InChI=1S/C23H21F2N3O4S/c1-15-4-2-6-18(12-15)27-23(30)28-19-7-3-5-16(13-19)14-26-21(29)17-8-10-20(11-9-17)33(31,32)22(24)25/h2-13,22H,14H2,1H3,(H,26,29)(H2,27,28,30). The van der Waals surface area contributed by atoms with Crippen LogP contribution < -0.4 is 16.0 Å². The second kappa shape index (κ2) is 10.2. The lowest BCUT2D eigenvalue weighted by Gasteiger charge is -2.10. The third kappa shape index (κ3) is 6.36. The van der Waals surface area contributed by atoms with Crippen molar-refractivity contribution in [2.45, 2.75) is 24.1 Å². The Morgan fingerprint density at radius 1 is 0.879 bits per heavy atom. The molecule has 0 spiro atoms. The molecular weight excluding hydrogens is 452 g/mol. The zero-order valence-electron chi connectivity index (χ0n) is 17.5. The summed E-state index contributed by atoms with van der Waals surface area (Å²) < 4.78 is 48.1. The average Bonchev–Trinajstić information content (AvgIpc) is 2.77. The number of hydrogen-bond donors (Lipinski definition) is 3. The van der Waals surface area contributed by atoms with Crippen LogP contribution in [0.2, 0.25) is 0 Å². The van der Waals surface area contributed by atoms with Gasteiger partial charge in [0.15, 0.2) is 0 Å². The Morgan fingerprint density at radius 3 is 2.09 bits per heavy atom. The molecule has 0 unspecified atom stereocenters. The number of hydrogen-bond acceptors (Lipinski definition) is 4. The summed E-state index contributed by atoms with van der Waals surface area (Å²) in [5.74, 6) is -4.04. The van der Waals surface area contributed by atoms with Crippen LogP contribution in [0.4, 0.5) is 25.0 Å². The van der Waals surface area contributed by atoms with Gasteiger partial charge >= 0.3 is 11.8 Å². The first-order chi connectivity index (χ1) is 15.6. The molecule has 3 amide bonds. The van der Waals surface area contributed by atoms with E-state index in [1.54, 1.807) is 30.3 Å². The minimum Gasteiger partial charge on any atom is -0.348 e. The van der Waals surface area contributed by atoms with Gasteiger partial charge in [0, 0.05) is 23.5 Å². The summed E-state index contributed by atoms with van der Waals surface area (Å²) in [4.78, 5) is 24.0. The Hall–Kier alpha value is -3.79. The Bertz CT molecular complexity index is 1260. The van der Waals surface area contributed by atoms with E-state index in [1.807, 2.05) is 25.1 Å². The highest BCUT2D eigenvalue weighted by atomic mass is 32.2. The van der Waals surface area contributed by atoms with Gasteiger partial charge in [-0.05, 0) is 66.6 Å². The molecule has 0 radical (unpaired) electrons. The summed E-state index contributed by atoms with van der Waals surface area (Å²) in [6.07, 6.45) is 0. The predicted octanol–water partition coefficient (Wildman–Crippen LogP) is 4.57. The zero-order chi connectivity index (χ0) is 24.0. The van der Waals surface area contributed by atoms with Crippen molar-refractivity contribution in [2.24, 2.45) is 0 Å². The molecule has 172 valence electrons. The highest BCUT2D eigenvalue weighted by Gasteiger charge is 2.26. The van der Waals surface area contributed by atoms with Crippen LogP contribution in [0.3, 0.4) is 0 Å². The van der Waals surface area contributed by atoms with Crippen LogP contribution in [0.5, 0.6) is 0 Å². The molecule has 0 heterocycles. The average molecular weight is 474 g/mol. The Balaban J connectivity index is 1.58. The van der Waals surface area contributed by atoms with Crippen LogP contribution >= 0.6 is 0 Å². The third-order valence-corrected chi connectivity index (χ3v) is 5.99. The number of carbonyl (C=O) groups excluding carboxylic acids is 2. The van der Waals surface area contributed by atoms with Gasteiger partial charge in [-0.2, -0.15) is 8.78 Å². The first-order valence-corrected chi connectivity index (χ1v) is 11.3. The fraction of sp³-hybridized carbons (Fsp3) is 0.130. The molecule has 10 heteroatoms. The van der Waals surface area contributed by atoms with Crippen LogP contribution in [-0.4, -0.2) is 26.1 Å². The first kappa shape index (κ1) is 23.9. The summed E-state index contributed by atoms with van der Waals surface area (Å²) >= 11 is 0. The van der Waals surface area contributed by atoms with Crippen LogP contribution in [0.15, 0.2) is 77.7 Å². The summed E-state index contributed by atoms with van der Waals surface area (Å²) in [5, 5.41) is 8.11. The van der Waals surface area contributed by atoms with E-state index in [2.05, 4.69) is 16.0 Å². The second-order valence-electron chi connectivity index (χ2n) is 7.16. The van der Waals surface area contributed by atoms with Crippen LogP contribution in [-0.2, 0) is 16.4 Å². The van der Waals surface area contributed by atoms with Crippen LogP contribution in [0.1, 0.15) is 21.5 Å². The number of amides is 3. The van der Waals surface area contributed by atoms with Crippen molar-refractivity contribution in [2.75, 3.05) is 10.6 Å². The van der Waals surface area contributed by atoms with E-state index in [1.165, 1.54) is 0 Å². The van der Waals surface area contributed by atoms with Gasteiger partial charge in [0.2, 0.25) is 9.84 Å². The number of halogens is 2. The number of sulfone groups is 1.